The van der Waals surface area contributed by atoms with Gasteiger partial charge in [-0.2, -0.15) is 0 Å². The van der Waals surface area contributed by atoms with E-state index in [9.17, 15) is 4.79 Å². The van der Waals surface area contributed by atoms with Gasteiger partial charge in [0.05, 0.1) is 9.88 Å². The first-order valence-corrected chi connectivity index (χ1v) is 9.13. The van der Waals surface area contributed by atoms with Gasteiger partial charge in [-0.25, -0.2) is 0 Å². The van der Waals surface area contributed by atoms with Gasteiger partial charge in [0.15, 0.2) is 5.78 Å². The smallest absolute Gasteiger partial charge is 0.169 e. The Labute approximate surface area is 150 Å². The van der Waals surface area contributed by atoms with Crippen LogP contribution in [0.5, 0.6) is 0 Å². The third-order valence-corrected chi connectivity index (χ3v) is 5.87. The molecule has 6 heteroatoms. The highest BCUT2D eigenvalue weighted by atomic mass is 35.5. The Morgan fingerprint density at radius 1 is 1.35 bits per heavy atom. The molecule has 23 heavy (non-hydrogen) atoms. The van der Waals surface area contributed by atoms with E-state index >= 15 is 0 Å². The van der Waals surface area contributed by atoms with E-state index in [1.165, 1.54) is 5.00 Å². The Bertz CT molecular complexity index is 716. The molecule has 2 aromatic rings. The van der Waals surface area contributed by atoms with Crippen molar-refractivity contribution < 1.29 is 4.79 Å². The van der Waals surface area contributed by atoms with Crippen LogP contribution in [0.3, 0.4) is 0 Å². The van der Waals surface area contributed by atoms with Crippen molar-refractivity contribution in [2.24, 2.45) is 0 Å². The lowest BCUT2D eigenvalue weighted by Crippen LogP contribution is -2.31. The molecule has 1 N–H and O–H groups in total. The third kappa shape index (κ3) is 4.07. The molecule has 0 radical (unpaired) electrons. The van der Waals surface area contributed by atoms with Gasteiger partial charge >= 0.3 is 0 Å². The Morgan fingerprint density at radius 3 is 2.87 bits per heavy atom. The van der Waals surface area contributed by atoms with Gasteiger partial charge in [-0.15, -0.1) is 11.3 Å². The maximum atomic E-state index is 11.4. The number of nitrogens with zero attached hydrogens (tertiary/aromatic N) is 1. The molecule has 3 rings (SSSR count). The van der Waals surface area contributed by atoms with Crippen LogP contribution in [0.15, 0.2) is 30.3 Å². The number of thiophene rings is 1. The summed E-state index contributed by atoms with van der Waals surface area (Å²) in [5.74, 6) is 0.132. The zero-order chi connectivity index (χ0) is 16.4. The highest BCUT2D eigenvalue weighted by Gasteiger charge is 2.23. The molecular formula is C17H18Cl2N2OS. The lowest BCUT2D eigenvalue weighted by atomic mass is 10.2. The second-order valence-electron chi connectivity index (χ2n) is 5.74. The molecule has 1 fully saturated rings. The van der Waals surface area contributed by atoms with Crippen molar-refractivity contribution in [1.82, 2.24) is 5.32 Å². The van der Waals surface area contributed by atoms with E-state index < -0.39 is 0 Å². The molecule has 122 valence electrons. The highest BCUT2D eigenvalue weighted by molar-refractivity contribution is 7.18. The van der Waals surface area contributed by atoms with Crippen LogP contribution in [0.25, 0.3) is 0 Å². The monoisotopic (exact) mass is 368 g/mol. The van der Waals surface area contributed by atoms with Gasteiger partial charge in [-0.1, -0.05) is 29.3 Å². The van der Waals surface area contributed by atoms with Gasteiger partial charge in [-0.3, -0.25) is 4.79 Å². The molecule has 1 aliphatic heterocycles. The topological polar surface area (TPSA) is 32.3 Å². The SMILES string of the molecule is CC(=O)c1ccc(N2CCC(NCc3ccc(Cl)cc3Cl)C2)s1. The zero-order valence-corrected chi connectivity index (χ0v) is 15.1. The Kier molecular flexibility index (Phi) is 5.27. The molecule has 0 spiro atoms. The van der Waals surface area contributed by atoms with Crippen LogP contribution in [0.1, 0.15) is 28.6 Å². The normalized spacial score (nSPS) is 17.7. The largest absolute Gasteiger partial charge is 0.362 e. The number of hydrogen-bond donors (Lipinski definition) is 1. The first-order valence-electron chi connectivity index (χ1n) is 7.56. The summed E-state index contributed by atoms with van der Waals surface area (Å²) in [7, 11) is 0. The molecule has 0 saturated carbocycles. The van der Waals surface area contributed by atoms with Crippen LogP contribution < -0.4 is 10.2 Å². The van der Waals surface area contributed by atoms with Crippen molar-refractivity contribution in [1.29, 1.82) is 0 Å². The predicted molar refractivity (Wildman–Crippen MR) is 98.2 cm³/mol. The second kappa shape index (κ2) is 7.22. The maximum absolute atomic E-state index is 11.4. The Hall–Kier alpha value is -1.07. The Balaban J connectivity index is 1.56. The molecule has 0 aliphatic carbocycles. The highest BCUT2D eigenvalue weighted by Crippen LogP contribution is 2.29. The van der Waals surface area contributed by atoms with E-state index in [1.54, 1.807) is 24.3 Å². The molecule has 1 saturated heterocycles. The van der Waals surface area contributed by atoms with E-state index in [0.717, 1.165) is 36.5 Å². The average molecular weight is 369 g/mol. The standard InChI is InChI=1S/C17H18Cl2N2OS/c1-11(22)16-4-5-17(23-16)21-7-6-14(10-21)20-9-12-2-3-13(18)8-15(12)19/h2-5,8,14,20H,6-7,9-10H2,1H3. The van der Waals surface area contributed by atoms with E-state index in [2.05, 4.69) is 10.2 Å². The summed E-state index contributed by atoms with van der Waals surface area (Å²) in [6.07, 6.45) is 1.08. The molecule has 1 atom stereocenters. The van der Waals surface area contributed by atoms with Gasteiger partial charge in [0, 0.05) is 35.7 Å². The van der Waals surface area contributed by atoms with E-state index in [0.29, 0.717) is 16.1 Å². The van der Waals surface area contributed by atoms with Crippen molar-refractivity contribution in [2.75, 3.05) is 18.0 Å². The summed E-state index contributed by atoms with van der Waals surface area (Å²) in [5, 5.41) is 6.08. The number of benzene rings is 1. The molecule has 1 aromatic heterocycles. The average Bonchev–Trinajstić information content (AvgIpc) is 3.15. The van der Waals surface area contributed by atoms with Crippen LogP contribution in [0.2, 0.25) is 10.0 Å². The van der Waals surface area contributed by atoms with E-state index in [1.807, 2.05) is 24.3 Å². The van der Waals surface area contributed by atoms with Crippen molar-refractivity contribution in [3.8, 4) is 0 Å². The number of anilines is 1. The minimum absolute atomic E-state index is 0.132. The third-order valence-electron chi connectivity index (χ3n) is 4.04. The van der Waals surface area contributed by atoms with E-state index in [-0.39, 0.29) is 5.78 Å². The lowest BCUT2D eigenvalue weighted by Gasteiger charge is -2.17. The predicted octanol–water partition coefficient (Wildman–Crippen LogP) is 4.63. The van der Waals surface area contributed by atoms with Crippen LogP contribution in [0.4, 0.5) is 5.00 Å². The van der Waals surface area contributed by atoms with Gasteiger partial charge in [0.1, 0.15) is 0 Å². The molecule has 1 aliphatic rings. The van der Waals surface area contributed by atoms with Crippen molar-refractivity contribution in [2.45, 2.75) is 25.9 Å². The number of nitrogens with one attached hydrogen (secondary N) is 1. The van der Waals surface area contributed by atoms with Crippen LogP contribution in [0, 0.1) is 0 Å². The summed E-state index contributed by atoms with van der Waals surface area (Å²) < 4.78 is 0. The van der Waals surface area contributed by atoms with Crippen LogP contribution in [-0.2, 0) is 6.54 Å². The van der Waals surface area contributed by atoms with Crippen LogP contribution in [-0.4, -0.2) is 24.9 Å². The van der Waals surface area contributed by atoms with Gasteiger partial charge in [-0.05, 0) is 43.2 Å². The summed E-state index contributed by atoms with van der Waals surface area (Å²) >= 11 is 13.7. The number of hydrogen-bond acceptors (Lipinski definition) is 4. The van der Waals surface area contributed by atoms with Gasteiger partial charge in [0.2, 0.25) is 0 Å². The molecule has 3 nitrogen and oxygen atoms in total. The summed E-state index contributed by atoms with van der Waals surface area (Å²) in [6, 6.07) is 9.97. The number of halogens is 2. The van der Waals surface area contributed by atoms with Crippen molar-refractivity contribution in [3.63, 3.8) is 0 Å². The quantitative estimate of drug-likeness (QED) is 0.781. The lowest BCUT2D eigenvalue weighted by molar-refractivity contribution is 0.102. The fourth-order valence-electron chi connectivity index (χ4n) is 2.73. The second-order valence-corrected chi connectivity index (χ2v) is 7.65. The minimum atomic E-state index is 0.132. The fourth-order valence-corrected chi connectivity index (χ4v) is 4.14. The Morgan fingerprint density at radius 2 is 2.17 bits per heavy atom. The zero-order valence-electron chi connectivity index (χ0n) is 12.8. The molecule has 0 amide bonds. The van der Waals surface area contributed by atoms with Crippen molar-refractivity contribution >= 4 is 45.3 Å². The summed E-state index contributed by atoms with van der Waals surface area (Å²) in [6.45, 7) is 4.30. The number of carbonyl (C=O) groups is 1. The minimum Gasteiger partial charge on any atom is -0.362 e. The van der Waals surface area contributed by atoms with E-state index in [4.69, 9.17) is 23.2 Å². The van der Waals surface area contributed by atoms with Gasteiger partial charge < -0.3 is 10.2 Å². The summed E-state index contributed by atoms with van der Waals surface area (Å²) in [4.78, 5) is 14.6. The number of ketones is 1. The molecule has 1 unspecified atom stereocenters. The van der Waals surface area contributed by atoms with Crippen LogP contribution >= 0.6 is 34.5 Å². The maximum Gasteiger partial charge on any atom is 0.169 e. The first kappa shape index (κ1) is 16.8. The molecule has 2 heterocycles. The van der Waals surface area contributed by atoms with Gasteiger partial charge in [0.25, 0.3) is 0 Å². The molecular weight excluding hydrogens is 351 g/mol. The number of Topliss-reactive ketones (excluding diaryl/α,β-unsaturated/α-hetero) is 1. The number of rotatable bonds is 5. The number of carbonyl (C=O) groups excluding carboxylic acids is 1. The molecule has 1 aromatic carbocycles. The van der Waals surface area contributed by atoms with Crippen molar-refractivity contribution in [3.05, 3.63) is 50.8 Å². The summed E-state index contributed by atoms with van der Waals surface area (Å²) in [5.41, 5.74) is 1.06. The fraction of sp³-hybridized carbons (Fsp3) is 0.353. The molecule has 0 bridgehead atoms. The first-order chi connectivity index (χ1) is 11.0.